The first-order chi connectivity index (χ1) is 11.7. The molecule has 0 aromatic carbocycles. The molecule has 1 aliphatic heterocycles. The van der Waals surface area contributed by atoms with Crippen molar-refractivity contribution >= 4 is 11.8 Å². The number of fused-ring (bicyclic) bond motifs is 2. The molecule has 0 spiro atoms. The van der Waals surface area contributed by atoms with E-state index >= 15 is 0 Å². The molecule has 0 aromatic rings. The largest absolute Gasteiger partial charge is 0.465 e. The second-order valence-corrected chi connectivity index (χ2v) is 9.61. The van der Waals surface area contributed by atoms with Crippen molar-refractivity contribution in [2.75, 3.05) is 19.8 Å². The van der Waals surface area contributed by atoms with Crippen molar-refractivity contribution in [1.82, 2.24) is 0 Å². The van der Waals surface area contributed by atoms with Crippen molar-refractivity contribution in [1.29, 1.82) is 0 Å². The number of hydrogen-bond donors (Lipinski definition) is 0. The lowest BCUT2D eigenvalue weighted by molar-refractivity contribution is -0.269. The Morgan fingerprint density at radius 2 is 1.72 bits per heavy atom. The first-order valence-corrected chi connectivity index (χ1v) is 9.61. The van der Waals surface area contributed by atoms with Crippen molar-refractivity contribution in [2.24, 2.45) is 28.6 Å². The summed E-state index contributed by atoms with van der Waals surface area (Å²) in [5.74, 6) is 0.238. The van der Waals surface area contributed by atoms with Crippen molar-refractivity contribution in [3.05, 3.63) is 0 Å². The molecule has 5 heteroatoms. The van der Waals surface area contributed by atoms with Crippen LogP contribution < -0.4 is 0 Å². The lowest BCUT2D eigenvalue weighted by Crippen LogP contribution is -2.47. The Labute approximate surface area is 150 Å². The molecular formula is C20H32O5. The SMILES string of the molecule is CC1(C)COC(C(C)(C)COC(=O)C2CC3CCCC(C2)C3=O)OC1. The fourth-order valence-electron chi connectivity index (χ4n) is 4.26. The van der Waals surface area contributed by atoms with Crippen LogP contribution in [0.25, 0.3) is 0 Å². The van der Waals surface area contributed by atoms with E-state index in [9.17, 15) is 9.59 Å². The van der Waals surface area contributed by atoms with Gasteiger partial charge < -0.3 is 14.2 Å². The normalized spacial score (nSPS) is 33.1. The number of hydrogen-bond acceptors (Lipinski definition) is 5. The van der Waals surface area contributed by atoms with Crippen LogP contribution in [0.3, 0.4) is 0 Å². The Balaban J connectivity index is 1.51. The summed E-state index contributed by atoms with van der Waals surface area (Å²) in [5.41, 5.74) is -0.373. The third kappa shape index (κ3) is 4.25. The van der Waals surface area contributed by atoms with Gasteiger partial charge in [0.25, 0.3) is 0 Å². The summed E-state index contributed by atoms with van der Waals surface area (Å²) in [6, 6.07) is 0. The van der Waals surface area contributed by atoms with E-state index in [1.807, 2.05) is 13.8 Å². The summed E-state index contributed by atoms with van der Waals surface area (Å²) in [4.78, 5) is 24.7. The molecule has 142 valence electrons. The second kappa shape index (κ2) is 6.99. The van der Waals surface area contributed by atoms with E-state index in [0.29, 0.717) is 31.8 Å². The van der Waals surface area contributed by atoms with Crippen molar-refractivity contribution < 1.29 is 23.8 Å². The molecule has 2 aliphatic carbocycles. The topological polar surface area (TPSA) is 61.8 Å². The van der Waals surface area contributed by atoms with Crippen LogP contribution in [0.15, 0.2) is 0 Å². The average Bonchev–Trinajstić information content (AvgIpc) is 2.52. The number of ether oxygens (including phenoxy) is 3. The maximum atomic E-state index is 12.6. The molecule has 1 heterocycles. The summed E-state index contributed by atoms with van der Waals surface area (Å²) in [6.07, 6.45) is 3.95. The summed E-state index contributed by atoms with van der Waals surface area (Å²) in [5, 5.41) is 0. The fourth-order valence-corrected chi connectivity index (χ4v) is 4.26. The smallest absolute Gasteiger partial charge is 0.308 e. The molecule has 2 saturated carbocycles. The van der Waals surface area contributed by atoms with Gasteiger partial charge in [0, 0.05) is 22.7 Å². The van der Waals surface area contributed by atoms with Crippen LogP contribution in [-0.4, -0.2) is 37.9 Å². The minimum absolute atomic E-state index is 0.0235. The van der Waals surface area contributed by atoms with E-state index in [1.54, 1.807) is 0 Å². The third-order valence-corrected chi connectivity index (χ3v) is 5.86. The van der Waals surface area contributed by atoms with E-state index in [4.69, 9.17) is 14.2 Å². The van der Waals surface area contributed by atoms with Crippen LogP contribution >= 0.6 is 0 Å². The highest BCUT2D eigenvalue weighted by molar-refractivity contribution is 5.87. The molecule has 0 aromatic heterocycles. The van der Waals surface area contributed by atoms with Gasteiger partial charge in [0.2, 0.25) is 0 Å². The summed E-state index contributed by atoms with van der Waals surface area (Å²) >= 11 is 0. The van der Waals surface area contributed by atoms with Gasteiger partial charge in [0.05, 0.1) is 19.1 Å². The molecule has 2 bridgehead atoms. The Hall–Kier alpha value is -0.940. The second-order valence-electron chi connectivity index (χ2n) is 9.61. The van der Waals surface area contributed by atoms with Gasteiger partial charge in [0.1, 0.15) is 12.4 Å². The van der Waals surface area contributed by atoms with E-state index < -0.39 is 5.41 Å². The zero-order valence-electron chi connectivity index (χ0n) is 16.0. The zero-order valence-corrected chi connectivity index (χ0v) is 16.0. The van der Waals surface area contributed by atoms with E-state index in [2.05, 4.69) is 13.8 Å². The van der Waals surface area contributed by atoms with Gasteiger partial charge in [-0.15, -0.1) is 0 Å². The van der Waals surface area contributed by atoms with Crippen molar-refractivity contribution in [3.63, 3.8) is 0 Å². The van der Waals surface area contributed by atoms with Crippen LogP contribution in [0, 0.1) is 28.6 Å². The van der Waals surface area contributed by atoms with Crippen LogP contribution in [-0.2, 0) is 23.8 Å². The molecule has 3 fully saturated rings. The highest BCUT2D eigenvalue weighted by Crippen LogP contribution is 2.41. The monoisotopic (exact) mass is 352 g/mol. The number of carbonyl (C=O) groups is 2. The molecule has 25 heavy (non-hydrogen) atoms. The Morgan fingerprint density at radius 3 is 2.28 bits per heavy atom. The fraction of sp³-hybridized carbons (Fsp3) is 0.900. The summed E-state index contributed by atoms with van der Waals surface area (Å²) < 4.78 is 17.3. The number of rotatable bonds is 4. The van der Waals surface area contributed by atoms with Gasteiger partial charge >= 0.3 is 5.97 Å². The zero-order chi connectivity index (χ0) is 18.2. The highest BCUT2D eigenvalue weighted by Gasteiger charge is 2.43. The molecule has 3 aliphatic rings. The van der Waals surface area contributed by atoms with Crippen LogP contribution in [0.2, 0.25) is 0 Å². The van der Waals surface area contributed by atoms with Gasteiger partial charge in [0.15, 0.2) is 6.29 Å². The molecule has 0 N–H and O–H groups in total. The Kier molecular flexibility index (Phi) is 5.27. The van der Waals surface area contributed by atoms with Gasteiger partial charge in [-0.25, -0.2) is 0 Å². The Bertz CT molecular complexity index is 498. The predicted molar refractivity (Wildman–Crippen MR) is 92.8 cm³/mol. The minimum atomic E-state index is -0.396. The molecular weight excluding hydrogens is 320 g/mol. The first-order valence-electron chi connectivity index (χ1n) is 9.61. The maximum absolute atomic E-state index is 12.6. The Morgan fingerprint density at radius 1 is 1.16 bits per heavy atom. The van der Waals surface area contributed by atoms with Gasteiger partial charge in [-0.2, -0.15) is 0 Å². The molecule has 1 saturated heterocycles. The number of carbonyl (C=O) groups excluding carboxylic acids is 2. The van der Waals surface area contributed by atoms with Crippen LogP contribution in [0.1, 0.15) is 59.8 Å². The van der Waals surface area contributed by atoms with Crippen LogP contribution in [0.4, 0.5) is 0 Å². The quantitative estimate of drug-likeness (QED) is 0.726. The van der Waals surface area contributed by atoms with Crippen molar-refractivity contribution in [3.8, 4) is 0 Å². The predicted octanol–water partition coefficient (Wildman–Crippen LogP) is 3.35. The van der Waals surface area contributed by atoms with E-state index in [0.717, 1.165) is 19.3 Å². The van der Waals surface area contributed by atoms with Crippen LogP contribution in [0.5, 0.6) is 0 Å². The minimum Gasteiger partial charge on any atom is -0.465 e. The molecule has 0 amide bonds. The molecule has 2 unspecified atom stereocenters. The average molecular weight is 352 g/mol. The number of esters is 1. The number of ketones is 1. The van der Waals surface area contributed by atoms with E-state index in [1.165, 1.54) is 0 Å². The number of Topliss-reactive ketones (excluding diaryl/α,β-unsaturated/α-hetero) is 1. The van der Waals surface area contributed by atoms with Gasteiger partial charge in [-0.05, 0) is 25.7 Å². The molecule has 2 atom stereocenters. The van der Waals surface area contributed by atoms with Gasteiger partial charge in [-0.1, -0.05) is 34.1 Å². The standard InChI is InChI=1S/C20H32O5/c1-19(2)10-24-18(25-11-19)20(3,4)12-23-17(22)15-8-13-6-5-7-14(9-15)16(13)21/h13-15,18H,5-12H2,1-4H3. The molecule has 3 rings (SSSR count). The lowest BCUT2D eigenvalue weighted by atomic mass is 9.67. The summed E-state index contributed by atoms with van der Waals surface area (Å²) in [6.45, 7) is 9.78. The molecule has 0 radical (unpaired) electrons. The third-order valence-electron chi connectivity index (χ3n) is 5.86. The summed E-state index contributed by atoms with van der Waals surface area (Å²) in [7, 11) is 0. The van der Waals surface area contributed by atoms with Crippen molar-refractivity contribution in [2.45, 2.75) is 66.1 Å². The van der Waals surface area contributed by atoms with E-state index in [-0.39, 0.29) is 42.0 Å². The van der Waals surface area contributed by atoms with Gasteiger partial charge in [-0.3, -0.25) is 9.59 Å². The maximum Gasteiger partial charge on any atom is 0.308 e. The highest BCUT2D eigenvalue weighted by atomic mass is 16.7. The molecule has 5 nitrogen and oxygen atoms in total. The lowest BCUT2D eigenvalue weighted by Gasteiger charge is -2.41. The first kappa shape index (κ1) is 18.8.